The minimum Gasteiger partial charge on any atom is -0.493 e. The van der Waals surface area contributed by atoms with E-state index in [0.29, 0.717) is 13.0 Å². The number of benzene rings is 2. The van der Waals surface area contributed by atoms with Crippen LogP contribution in [0.25, 0.3) is 0 Å². The fourth-order valence-corrected chi connectivity index (χ4v) is 3.20. The Hall–Kier alpha value is -2.37. The van der Waals surface area contributed by atoms with Crippen LogP contribution in [0.4, 0.5) is 0 Å². The third-order valence-electron chi connectivity index (χ3n) is 4.76. The number of nitrogens with one attached hydrogen (secondary N) is 1. The highest BCUT2D eigenvalue weighted by atomic mass is 16.5. The van der Waals surface area contributed by atoms with Crippen LogP contribution < -0.4 is 10.1 Å². The van der Waals surface area contributed by atoms with Gasteiger partial charge in [0.05, 0.1) is 32.3 Å². The van der Waals surface area contributed by atoms with E-state index in [4.69, 9.17) is 9.47 Å². The van der Waals surface area contributed by atoms with E-state index in [1.54, 1.807) is 0 Å². The summed E-state index contributed by atoms with van der Waals surface area (Å²) in [6.45, 7) is 6.46. The molecule has 2 aromatic rings. The fourth-order valence-electron chi connectivity index (χ4n) is 3.20. The number of hydrogen-bond donors (Lipinski definition) is 1. The first-order valence-electron chi connectivity index (χ1n) is 9.55. The molecule has 0 spiro atoms. The van der Waals surface area contributed by atoms with Crippen molar-refractivity contribution in [3.05, 3.63) is 65.7 Å². The molecular weight excluding hydrogens is 340 g/mol. The van der Waals surface area contributed by atoms with E-state index in [1.165, 1.54) is 0 Å². The molecule has 0 unspecified atom stereocenters. The van der Waals surface area contributed by atoms with Gasteiger partial charge in [-0.2, -0.15) is 0 Å². The molecule has 5 heteroatoms. The first-order chi connectivity index (χ1) is 13.2. The molecule has 0 bridgehead atoms. The molecule has 1 amide bonds. The standard InChI is InChI=1S/C22H28N2O3/c1-18-7-5-6-10-21(18)27-14-11-22(25)23-20(19-8-3-2-4-9-19)17-24-12-15-26-16-13-24/h2-10,20H,11-17H2,1H3,(H,23,25)/t20-/m0/s1. The van der Waals surface area contributed by atoms with Gasteiger partial charge in [-0.25, -0.2) is 0 Å². The zero-order chi connectivity index (χ0) is 18.9. The maximum absolute atomic E-state index is 12.5. The zero-order valence-corrected chi connectivity index (χ0v) is 15.9. The summed E-state index contributed by atoms with van der Waals surface area (Å²) in [4.78, 5) is 14.8. The number of carbonyl (C=O) groups excluding carboxylic acids is 1. The fraction of sp³-hybridized carbons (Fsp3) is 0.409. The van der Waals surface area contributed by atoms with E-state index in [9.17, 15) is 4.79 Å². The number of ether oxygens (including phenoxy) is 2. The van der Waals surface area contributed by atoms with E-state index < -0.39 is 0 Å². The molecular formula is C22H28N2O3. The number of para-hydroxylation sites is 1. The third-order valence-corrected chi connectivity index (χ3v) is 4.76. The molecule has 0 aromatic heterocycles. The van der Waals surface area contributed by atoms with Gasteiger partial charge < -0.3 is 14.8 Å². The summed E-state index contributed by atoms with van der Waals surface area (Å²) in [7, 11) is 0. The highest BCUT2D eigenvalue weighted by Crippen LogP contribution is 2.17. The second-order valence-electron chi connectivity index (χ2n) is 6.81. The highest BCUT2D eigenvalue weighted by molar-refractivity contribution is 5.76. The number of nitrogens with zero attached hydrogens (tertiary/aromatic N) is 1. The molecule has 0 radical (unpaired) electrons. The summed E-state index contributed by atoms with van der Waals surface area (Å²) < 4.78 is 11.2. The lowest BCUT2D eigenvalue weighted by Gasteiger charge is -2.31. The van der Waals surface area contributed by atoms with Gasteiger partial charge in [-0.3, -0.25) is 9.69 Å². The molecule has 1 atom stereocenters. The van der Waals surface area contributed by atoms with Gasteiger partial charge in [-0.15, -0.1) is 0 Å². The van der Waals surface area contributed by atoms with Crippen molar-refractivity contribution in [2.75, 3.05) is 39.5 Å². The van der Waals surface area contributed by atoms with Gasteiger partial charge in [-0.05, 0) is 24.1 Å². The van der Waals surface area contributed by atoms with Gasteiger partial charge in [0.1, 0.15) is 5.75 Å². The van der Waals surface area contributed by atoms with Crippen molar-refractivity contribution in [2.45, 2.75) is 19.4 Å². The van der Waals surface area contributed by atoms with Crippen LogP contribution in [0, 0.1) is 6.92 Å². The Morgan fingerprint density at radius 2 is 1.81 bits per heavy atom. The van der Waals surface area contributed by atoms with Crippen LogP contribution >= 0.6 is 0 Å². The minimum absolute atomic E-state index is 0.00527. The summed E-state index contributed by atoms with van der Waals surface area (Å²) >= 11 is 0. The predicted molar refractivity (Wildman–Crippen MR) is 106 cm³/mol. The van der Waals surface area contributed by atoms with Crippen LogP contribution in [-0.4, -0.2) is 50.3 Å². The Balaban J connectivity index is 1.54. The predicted octanol–water partition coefficient (Wildman–Crippen LogP) is 2.95. The second-order valence-corrected chi connectivity index (χ2v) is 6.81. The third kappa shape index (κ3) is 6.08. The summed E-state index contributed by atoms with van der Waals surface area (Å²) in [6, 6.07) is 18.0. The van der Waals surface area contributed by atoms with E-state index >= 15 is 0 Å². The molecule has 1 fully saturated rings. The van der Waals surface area contributed by atoms with Crippen molar-refractivity contribution in [2.24, 2.45) is 0 Å². The van der Waals surface area contributed by atoms with Crippen LogP contribution in [0.15, 0.2) is 54.6 Å². The van der Waals surface area contributed by atoms with E-state index in [-0.39, 0.29) is 11.9 Å². The van der Waals surface area contributed by atoms with E-state index in [2.05, 4.69) is 22.3 Å². The lowest BCUT2D eigenvalue weighted by atomic mass is 10.1. The van der Waals surface area contributed by atoms with Crippen molar-refractivity contribution in [1.82, 2.24) is 10.2 Å². The molecule has 5 nitrogen and oxygen atoms in total. The normalized spacial score (nSPS) is 15.9. The summed E-state index contributed by atoms with van der Waals surface area (Å²) in [5, 5.41) is 3.18. The molecule has 27 heavy (non-hydrogen) atoms. The molecule has 1 saturated heterocycles. The van der Waals surface area contributed by atoms with E-state index in [1.807, 2.05) is 49.4 Å². The lowest BCUT2D eigenvalue weighted by Crippen LogP contribution is -2.43. The number of morpholine rings is 1. The average molecular weight is 368 g/mol. The summed E-state index contributed by atoms with van der Waals surface area (Å²) in [5.41, 5.74) is 2.20. The van der Waals surface area contributed by atoms with Crippen molar-refractivity contribution in [1.29, 1.82) is 0 Å². The van der Waals surface area contributed by atoms with Crippen LogP contribution in [0.5, 0.6) is 5.75 Å². The Morgan fingerprint density at radius 1 is 1.11 bits per heavy atom. The number of amides is 1. The van der Waals surface area contributed by atoms with E-state index in [0.717, 1.165) is 49.7 Å². The number of hydrogen-bond acceptors (Lipinski definition) is 4. The highest BCUT2D eigenvalue weighted by Gasteiger charge is 2.20. The number of rotatable bonds is 8. The number of aryl methyl sites for hydroxylation is 1. The molecule has 0 saturated carbocycles. The lowest BCUT2D eigenvalue weighted by molar-refractivity contribution is -0.122. The van der Waals surface area contributed by atoms with Gasteiger partial charge in [0, 0.05) is 19.6 Å². The van der Waals surface area contributed by atoms with Crippen molar-refractivity contribution in [3.63, 3.8) is 0 Å². The molecule has 2 aromatic carbocycles. The Labute approximate surface area is 161 Å². The minimum atomic E-state index is -0.0322. The zero-order valence-electron chi connectivity index (χ0n) is 15.9. The molecule has 1 N–H and O–H groups in total. The van der Waals surface area contributed by atoms with Gasteiger partial charge in [-0.1, -0.05) is 48.5 Å². The van der Waals surface area contributed by atoms with Crippen LogP contribution in [0.1, 0.15) is 23.6 Å². The van der Waals surface area contributed by atoms with Gasteiger partial charge >= 0.3 is 0 Å². The van der Waals surface area contributed by atoms with Crippen molar-refractivity contribution in [3.8, 4) is 5.75 Å². The molecule has 1 aliphatic heterocycles. The smallest absolute Gasteiger partial charge is 0.223 e. The monoisotopic (exact) mass is 368 g/mol. The summed E-state index contributed by atoms with van der Waals surface area (Å²) in [6.07, 6.45) is 0.334. The Kier molecular flexibility index (Phi) is 7.25. The van der Waals surface area contributed by atoms with Gasteiger partial charge in [0.2, 0.25) is 5.91 Å². The van der Waals surface area contributed by atoms with Crippen molar-refractivity contribution >= 4 is 5.91 Å². The first kappa shape index (κ1) is 19.4. The Bertz CT molecular complexity index is 715. The molecule has 3 rings (SSSR count). The van der Waals surface area contributed by atoms with Gasteiger partial charge in [0.25, 0.3) is 0 Å². The topological polar surface area (TPSA) is 50.8 Å². The number of carbonyl (C=O) groups is 1. The largest absolute Gasteiger partial charge is 0.493 e. The van der Waals surface area contributed by atoms with Crippen LogP contribution in [0.2, 0.25) is 0 Å². The molecule has 1 heterocycles. The Morgan fingerprint density at radius 3 is 2.56 bits per heavy atom. The average Bonchev–Trinajstić information content (AvgIpc) is 2.70. The molecule has 1 aliphatic rings. The molecule has 144 valence electrons. The first-order valence-corrected chi connectivity index (χ1v) is 9.55. The van der Waals surface area contributed by atoms with Crippen molar-refractivity contribution < 1.29 is 14.3 Å². The second kappa shape index (κ2) is 10.1. The summed E-state index contributed by atoms with van der Waals surface area (Å²) in [5.74, 6) is 0.837. The van der Waals surface area contributed by atoms with Crippen LogP contribution in [-0.2, 0) is 9.53 Å². The molecule has 0 aliphatic carbocycles. The quantitative estimate of drug-likeness (QED) is 0.778. The maximum Gasteiger partial charge on any atom is 0.223 e. The van der Waals surface area contributed by atoms with Crippen LogP contribution in [0.3, 0.4) is 0 Å². The maximum atomic E-state index is 12.5. The van der Waals surface area contributed by atoms with Gasteiger partial charge in [0.15, 0.2) is 0 Å². The SMILES string of the molecule is Cc1ccccc1OCCC(=O)N[C@@H](CN1CCOCC1)c1ccccc1.